The monoisotopic (exact) mass is 463 g/mol. The highest BCUT2D eigenvalue weighted by atomic mass is 16.4. The fourth-order valence-electron chi connectivity index (χ4n) is 3.57. The SMILES string of the molecule is CC(CCN(C(=O)CCCCNC(=O)O)C(=O)c1ncc(-c2ccccc2)o1)c1ccccc1. The number of carboxylic acid groups (broad SMARTS) is 1. The van der Waals surface area contributed by atoms with Gasteiger partial charge in [0.2, 0.25) is 5.91 Å². The van der Waals surface area contributed by atoms with E-state index in [0.717, 1.165) is 11.1 Å². The molecule has 0 aliphatic heterocycles. The molecule has 2 aromatic carbocycles. The molecule has 0 fully saturated rings. The number of oxazole rings is 1. The number of carbonyl (C=O) groups is 3. The van der Waals surface area contributed by atoms with Gasteiger partial charge < -0.3 is 14.8 Å². The summed E-state index contributed by atoms with van der Waals surface area (Å²) in [4.78, 5) is 42.1. The molecule has 0 radical (unpaired) electrons. The van der Waals surface area contributed by atoms with E-state index < -0.39 is 12.0 Å². The van der Waals surface area contributed by atoms with Crippen LogP contribution in [0.5, 0.6) is 0 Å². The van der Waals surface area contributed by atoms with Gasteiger partial charge >= 0.3 is 12.0 Å². The zero-order chi connectivity index (χ0) is 24.3. The number of nitrogens with one attached hydrogen (secondary N) is 1. The average molecular weight is 464 g/mol. The average Bonchev–Trinajstić information content (AvgIpc) is 3.35. The van der Waals surface area contributed by atoms with Crippen LogP contribution in [-0.2, 0) is 4.79 Å². The summed E-state index contributed by atoms with van der Waals surface area (Å²) in [5.41, 5.74) is 1.92. The van der Waals surface area contributed by atoms with E-state index in [9.17, 15) is 14.4 Å². The summed E-state index contributed by atoms with van der Waals surface area (Å²) >= 11 is 0. The number of benzene rings is 2. The van der Waals surface area contributed by atoms with Crippen LogP contribution in [0.3, 0.4) is 0 Å². The fourth-order valence-corrected chi connectivity index (χ4v) is 3.57. The van der Waals surface area contributed by atoms with Gasteiger partial charge in [0.25, 0.3) is 5.89 Å². The van der Waals surface area contributed by atoms with Crippen molar-refractivity contribution < 1.29 is 23.9 Å². The van der Waals surface area contributed by atoms with Crippen LogP contribution >= 0.6 is 0 Å². The maximum Gasteiger partial charge on any atom is 0.404 e. The van der Waals surface area contributed by atoms with E-state index in [2.05, 4.69) is 17.2 Å². The molecule has 8 nitrogen and oxygen atoms in total. The van der Waals surface area contributed by atoms with E-state index in [1.54, 1.807) is 0 Å². The molecule has 0 saturated carbocycles. The van der Waals surface area contributed by atoms with Gasteiger partial charge in [0.1, 0.15) is 0 Å². The van der Waals surface area contributed by atoms with Crippen molar-refractivity contribution in [1.82, 2.24) is 15.2 Å². The third-order valence-corrected chi connectivity index (χ3v) is 5.54. The summed E-state index contributed by atoms with van der Waals surface area (Å²) in [6.07, 6.45) is 2.05. The summed E-state index contributed by atoms with van der Waals surface area (Å²) in [6.45, 7) is 2.53. The van der Waals surface area contributed by atoms with Gasteiger partial charge in [0, 0.05) is 25.1 Å². The van der Waals surface area contributed by atoms with Crippen molar-refractivity contribution in [1.29, 1.82) is 0 Å². The molecule has 0 aliphatic rings. The van der Waals surface area contributed by atoms with Crippen LogP contribution in [0, 0.1) is 0 Å². The quantitative estimate of drug-likeness (QED) is 0.389. The molecule has 1 atom stereocenters. The van der Waals surface area contributed by atoms with Crippen LogP contribution in [0.25, 0.3) is 11.3 Å². The highest BCUT2D eigenvalue weighted by Gasteiger charge is 2.27. The maximum absolute atomic E-state index is 13.2. The van der Waals surface area contributed by atoms with Gasteiger partial charge in [0.05, 0.1) is 6.20 Å². The summed E-state index contributed by atoms with van der Waals surface area (Å²) in [7, 11) is 0. The summed E-state index contributed by atoms with van der Waals surface area (Å²) in [6, 6.07) is 19.2. The van der Waals surface area contributed by atoms with Gasteiger partial charge in [-0.3, -0.25) is 14.5 Å². The Kier molecular flexibility index (Phi) is 8.96. The van der Waals surface area contributed by atoms with Gasteiger partial charge in [-0.05, 0) is 30.7 Å². The third kappa shape index (κ3) is 7.03. The molecule has 0 bridgehead atoms. The Labute approximate surface area is 198 Å². The third-order valence-electron chi connectivity index (χ3n) is 5.54. The molecule has 1 aromatic heterocycles. The van der Waals surface area contributed by atoms with Gasteiger partial charge in [-0.2, -0.15) is 0 Å². The molecule has 3 aromatic rings. The molecule has 34 heavy (non-hydrogen) atoms. The summed E-state index contributed by atoms with van der Waals surface area (Å²) < 4.78 is 5.69. The number of hydrogen-bond donors (Lipinski definition) is 2. The minimum absolute atomic E-state index is 0.124. The molecular formula is C26H29N3O5. The Morgan fingerprint density at radius 3 is 2.38 bits per heavy atom. The molecule has 0 saturated heterocycles. The largest absolute Gasteiger partial charge is 0.465 e. The molecule has 1 unspecified atom stereocenters. The zero-order valence-electron chi connectivity index (χ0n) is 19.1. The van der Waals surface area contributed by atoms with Crippen molar-refractivity contribution in [3.8, 4) is 11.3 Å². The van der Waals surface area contributed by atoms with Crippen molar-refractivity contribution in [2.45, 2.75) is 38.5 Å². The molecule has 3 rings (SSSR count). The molecule has 3 amide bonds. The first-order chi connectivity index (χ1) is 16.5. The highest BCUT2D eigenvalue weighted by molar-refractivity contribution is 6.02. The Hall–Kier alpha value is -3.94. The lowest BCUT2D eigenvalue weighted by Crippen LogP contribution is -2.38. The first-order valence-corrected chi connectivity index (χ1v) is 11.3. The van der Waals surface area contributed by atoms with Gasteiger partial charge in [-0.15, -0.1) is 0 Å². The van der Waals surface area contributed by atoms with Crippen LogP contribution in [0.4, 0.5) is 4.79 Å². The van der Waals surface area contributed by atoms with Crippen molar-refractivity contribution in [2.24, 2.45) is 0 Å². The number of hydrogen-bond acceptors (Lipinski definition) is 5. The zero-order valence-corrected chi connectivity index (χ0v) is 19.1. The normalized spacial score (nSPS) is 11.6. The lowest BCUT2D eigenvalue weighted by atomic mass is 9.97. The van der Waals surface area contributed by atoms with Crippen molar-refractivity contribution in [2.75, 3.05) is 13.1 Å². The highest BCUT2D eigenvalue weighted by Crippen LogP contribution is 2.23. The number of unbranched alkanes of at least 4 members (excludes halogenated alkanes) is 1. The molecule has 1 heterocycles. The summed E-state index contributed by atoms with van der Waals surface area (Å²) in [5.74, 6) is -0.439. The number of carbonyl (C=O) groups excluding carboxylic acids is 2. The number of imide groups is 1. The van der Waals surface area contributed by atoms with Crippen molar-refractivity contribution >= 4 is 17.9 Å². The van der Waals surface area contributed by atoms with Gasteiger partial charge in [-0.1, -0.05) is 67.6 Å². The number of nitrogens with zero attached hydrogens (tertiary/aromatic N) is 2. The maximum atomic E-state index is 13.2. The van der Waals surface area contributed by atoms with Crippen molar-refractivity contribution in [3.05, 3.63) is 78.3 Å². The molecule has 2 N–H and O–H groups in total. The standard InChI is InChI=1S/C26H29N3O5/c1-19(20-10-4-2-5-11-20)15-17-29(23(30)14-8-9-16-27-26(32)33)25(31)24-28-18-22(34-24)21-12-6-3-7-13-21/h2-7,10-13,18-19,27H,8-9,14-17H2,1H3,(H,32,33). The molecule has 178 valence electrons. The minimum Gasteiger partial charge on any atom is -0.465 e. The van der Waals surface area contributed by atoms with Crippen LogP contribution < -0.4 is 5.32 Å². The second-order valence-corrected chi connectivity index (χ2v) is 8.04. The molecular weight excluding hydrogens is 434 g/mol. The Balaban J connectivity index is 1.69. The van der Waals surface area contributed by atoms with Crippen molar-refractivity contribution in [3.63, 3.8) is 0 Å². The predicted molar refractivity (Wildman–Crippen MR) is 127 cm³/mol. The fraction of sp³-hybridized carbons (Fsp3) is 0.308. The second kappa shape index (κ2) is 12.3. The first-order valence-electron chi connectivity index (χ1n) is 11.3. The van der Waals surface area contributed by atoms with E-state index in [1.807, 2.05) is 60.7 Å². The minimum atomic E-state index is -1.10. The lowest BCUT2D eigenvalue weighted by Gasteiger charge is -2.22. The van der Waals surface area contributed by atoms with E-state index in [1.165, 1.54) is 11.1 Å². The second-order valence-electron chi connectivity index (χ2n) is 8.04. The van der Waals surface area contributed by atoms with E-state index in [0.29, 0.717) is 25.0 Å². The Morgan fingerprint density at radius 2 is 1.71 bits per heavy atom. The predicted octanol–water partition coefficient (Wildman–Crippen LogP) is 4.94. The Morgan fingerprint density at radius 1 is 1.03 bits per heavy atom. The summed E-state index contributed by atoms with van der Waals surface area (Å²) in [5, 5.41) is 10.9. The van der Waals surface area contributed by atoms with E-state index in [-0.39, 0.29) is 37.2 Å². The smallest absolute Gasteiger partial charge is 0.404 e. The first kappa shape index (κ1) is 24.7. The number of amides is 3. The van der Waals surface area contributed by atoms with Gasteiger partial charge in [-0.25, -0.2) is 9.78 Å². The van der Waals surface area contributed by atoms with E-state index in [4.69, 9.17) is 9.52 Å². The Bertz CT molecular complexity index is 1080. The van der Waals surface area contributed by atoms with Crippen LogP contribution in [0.1, 0.15) is 54.8 Å². The van der Waals surface area contributed by atoms with E-state index >= 15 is 0 Å². The van der Waals surface area contributed by atoms with Crippen LogP contribution in [0.2, 0.25) is 0 Å². The molecule has 0 aliphatic carbocycles. The molecule has 0 spiro atoms. The van der Waals surface area contributed by atoms with Crippen LogP contribution in [0.15, 0.2) is 71.3 Å². The topological polar surface area (TPSA) is 113 Å². The van der Waals surface area contributed by atoms with Gasteiger partial charge in [0.15, 0.2) is 5.76 Å². The lowest BCUT2D eigenvalue weighted by molar-refractivity contribution is -0.128. The number of rotatable bonds is 11. The van der Waals surface area contributed by atoms with Crippen LogP contribution in [-0.4, -0.2) is 46.0 Å². The number of aromatic nitrogens is 1. The molecule has 8 heteroatoms.